The topological polar surface area (TPSA) is 95.6 Å². The van der Waals surface area contributed by atoms with E-state index in [0.29, 0.717) is 46.6 Å². The highest BCUT2D eigenvalue weighted by molar-refractivity contribution is 7.80. The molecule has 0 saturated carbocycles. The molecule has 10 heteroatoms. The monoisotopic (exact) mass is 456 g/mol. The third kappa shape index (κ3) is 3.80. The summed E-state index contributed by atoms with van der Waals surface area (Å²) in [5.74, 6) is 1.14. The van der Waals surface area contributed by atoms with E-state index in [1.54, 1.807) is 30.3 Å². The lowest BCUT2D eigenvalue weighted by atomic mass is 10.1. The molecule has 2 heterocycles. The number of thiocarbonyl (C=S) groups is 1. The third-order valence-electron chi connectivity index (χ3n) is 4.83. The van der Waals surface area contributed by atoms with Gasteiger partial charge in [-0.2, -0.15) is 0 Å². The zero-order chi connectivity index (χ0) is 22.8. The number of rotatable bonds is 6. The van der Waals surface area contributed by atoms with Crippen LogP contribution >= 0.6 is 12.2 Å². The first-order chi connectivity index (χ1) is 15.5. The van der Waals surface area contributed by atoms with E-state index < -0.39 is 11.8 Å². The summed E-state index contributed by atoms with van der Waals surface area (Å²) in [7, 11) is 2.99. The van der Waals surface area contributed by atoms with E-state index in [2.05, 4.69) is 5.32 Å². The normalized spacial score (nSPS) is 16.3. The second-order valence-corrected chi connectivity index (χ2v) is 7.06. The van der Waals surface area contributed by atoms with Crippen molar-refractivity contribution in [2.24, 2.45) is 0 Å². The van der Waals surface area contributed by atoms with Gasteiger partial charge in [-0.1, -0.05) is 0 Å². The molecule has 2 aliphatic heterocycles. The van der Waals surface area contributed by atoms with Crippen LogP contribution < -0.4 is 33.9 Å². The first kappa shape index (κ1) is 21.4. The number of ether oxygens (including phenoxy) is 5. The van der Waals surface area contributed by atoms with Crippen LogP contribution in [0.4, 0.5) is 5.69 Å². The average molecular weight is 456 g/mol. The van der Waals surface area contributed by atoms with Crippen LogP contribution in [0.5, 0.6) is 28.7 Å². The minimum absolute atomic E-state index is 0.0589. The lowest BCUT2D eigenvalue weighted by molar-refractivity contribution is -0.122. The second kappa shape index (κ2) is 8.75. The van der Waals surface area contributed by atoms with Crippen LogP contribution in [0.25, 0.3) is 6.08 Å². The number of fused-ring (bicyclic) bond motifs is 1. The Kier molecular flexibility index (Phi) is 5.87. The van der Waals surface area contributed by atoms with E-state index >= 15 is 0 Å². The SMILES string of the molecule is CCOc1cc2c(cc1C=C1C(=O)NC(=S)N(c3ccc(OC)cc3OC)C1=O)OCO2. The van der Waals surface area contributed by atoms with Gasteiger partial charge in [0, 0.05) is 17.7 Å². The van der Waals surface area contributed by atoms with Gasteiger partial charge in [0.25, 0.3) is 11.8 Å². The van der Waals surface area contributed by atoms with Crippen LogP contribution in [0.2, 0.25) is 0 Å². The number of carbonyl (C=O) groups is 2. The van der Waals surface area contributed by atoms with Crippen molar-refractivity contribution in [1.29, 1.82) is 0 Å². The first-order valence-electron chi connectivity index (χ1n) is 9.66. The molecule has 0 aromatic heterocycles. The zero-order valence-electron chi connectivity index (χ0n) is 17.6. The maximum Gasteiger partial charge on any atom is 0.270 e. The fourth-order valence-corrected chi connectivity index (χ4v) is 3.61. The minimum Gasteiger partial charge on any atom is -0.497 e. The van der Waals surface area contributed by atoms with Crippen molar-refractivity contribution in [2.75, 3.05) is 32.5 Å². The van der Waals surface area contributed by atoms with Crippen LogP contribution in [0.15, 0.2) is 35.9 Å². The number of amides is 2. The second-order valence-electron chi connectivity index (χ2n) is 6.67. The molecular formula is C22H20N2O7S. The van der Waals surface area contributed by atoms with Gasteiger partial charge in [-0.25, -0.2) is 4.90 Å². The quantitative estimate of drug-likeness (QED) is 0.403. The molecule has 0 aliphatic carbocycles. The zero-order valence-corrected chi connectivity index (χ0v) is 18.4. The molecule has 0 spiro atoms. The van der Waals surface area contributed by atoms with Crippen molar-refractivity contribution in [3.8, 4) is 28.7 Å². The van der Waals surface area contributed by atoms with E-state index in [4.69, 9.17) is 35.9 Å². The number of benzene rings is 2. The molecule has 0 bridgehead atoms. The molecule has 1 N–H and O–H groups in total. The summed E-state index contributed by atoms with van der Waals surface area (Å²) in [6, 6.07) is 8.24. The Hall–Kier alpha value is -3.79. The number of hydrogen-bond acceptors (Lipinski definition) is 8. The standard InChI is InChI=1S/C22H20N2O7S/c1-4-29-16-10-19-18(30-11-31-19)8-12(16)7-14-20(25)23-22(32)24(21(14)26)15-6-5-13(27-2)9-17(15)28-3/h5-10H,4,11H2,1-3H3,(H,23,25,32). The van der Waals surface area contributed by atoms with Crippen molar-refractivity contribution in [3.63, 3.8) is 0 Å². The fourth-order valence-electron chi connectivity index (χ4n) is 3.33. The van der Waals surface area contributed by atoms with Gasteiger partial charge in [0.05, 0.1) is 26.5 Å². The van der Waals surface area contributed by atoms with Crippen molar-refractivity contribution < 1.29 is 33.3 Å². The van der Waals surface area contributed by atoms with E-state index in [0.717, 1.165) is 0 Å². The third-order valence-corrected chi connectivity index (χ3v) is 5.12. The Morgan fingerprint density at radius 3 is 2.53 bits per heavy atom. The van der Waals surface area contributed by atoms with Crippen molar-refractivity contribution >= 4 is 40.9 Å². The number of methoxy groups -OCH3 is 2. The molecule has 1 fully saturated rings. The summed E-state index contributed by atoms with van der Waals surface area (Å²) in [5.41, 5.74) is 0.727. The predicted molar refractivity (Wildman–Crippen MR) is 119 cm³/mol. The molecular weight excluding hydrogens is 436 g/mol. The Morgan fingerprint density at radius 1 is 1.09 bits per heavy atom. The van der Waals surface area contributed by atoms with Crippen molar-refractivity contribution in [1.82, 2.24) is 5.32 Å². The van der Waals surface area contributed by atoms with Crippen molar-refractivity contribution in [3.05, 3.63) is 41.5 Å². The molecule has 32 heavy (non-hydrogen) atoms. The van der Waals surface area contributed by atoms with Crippen molar-refractivity contribution in [2.45, 2.75) is 6.92 Å². The fraction of sp³-hybridized carbons (Fsp3) is 0.227. The summed E-state index contributed by atoms with van der Waals surface area (Å²) < 4.78 is 27.1. The van der Waals surface area contributed by atoms with Crippen LogP contribution in [-0.4, -0.2) is 44.5 Å². The van der Waals surface area contributed by atoms with E-state index in [1.807, 2.05) is 6.92 Å². The van der Waals surface area contributed by atoms with Gasteiger partial charge in [-0.3, -0.25) is 14.9 Å². The van der Waals surface area contributed by atoms with Gasteiger partial charge in [-0.05, 0) is 43.4 Å². The summed E-state index contributed by atoms with van der Waals surface area (Å²) in [6.07, 6.45) is 1.44. The molecule has 2 aromatic carbocycles. The maximum absolute atomic E-state index is 13.4. The largest absolute Gasteiger partial charge is 0.497 e. The number of anilines is 1. The number of nitrogens with zero attached hydrogens (tertiary/aromatic N) is 1. The smallest absolute Gasteiger partial charge is 0.270 e. The molecule has 4 rings (SSSR count). The summed E-state index contributed by atoms with van der Waals surface area (Å²) in [4.78, 5) is 27.3. The lowest BCUT2D eigenvalue weighted by Gasteiger charge is -2.30. The van der Waals surface area contributed by atoms with Gasteiger partial charge >= 0.3 is 0 Å². The molecule has 1 saturated heterocycles. The Labute approximate surface area is 189 Å². The highest BCUT2D eigenvalue weighted by Crippen LogP contribution is 2.40. The Balaban J connectivity index is 1.78. The Morgan fingerprint density at radius 2 is 1.84 bits per heavy atom. The van der Waals surface area contributed by atoms with Gasteiger partial charge in [0.2, 0.25) is 6.79 Å². The molecule has 0 atom stereocenters. The minimum atomic E-state index is -0.621. The summed E-state index contributed by atoms with van der Waals surface area (Å²) in [6.45, 7) is 2.30. The first-order valence-corrected chi connectivity index (χ1v) is 10.1. The highest BCUT2D eigenvalue weighted by atomic mass is 32.1. The Bertz CT molecular complexity index is 1150. The molecule has 166 valence electrons. The molecule has 0 unspecified atom stereocenters. The van der Waals surface area contributed by atoms with Crippen LogP contribution in [0.3, 0.4) is 0 Å². The van der Waals surface area contributed by atoms with Gasteiger partial charge in [-0.15, -0.1) is 0 Å². The van der Waals surface area contributed by atoms with E-state index in [1.165, 1.54) is 25.2 Å². The number of nitrogens with one attached hydrogen (secondary N) is 1. The van der Waals surface area contributed by atoms with Crippen LogP contribution in [-0.2, 0) is 9.59 Å². The van der Waals surface area contributed by atoms with Gasteiger partial charge < -0.3 is 23.7 Å². The molecule has 9 nitrogen and oxygen atoms in total. The number of carbonyl (C=O) groups excluding carboxylic acids is 2. The maximum atomic E-state index is 13.4. The van der Waals surface area contributed by atoms with E-state index in [9.17, 15) is 9.59 Å². The molecule has 2 aromatic rings. The molecule has 2 aliphatic rings. The lowest BCUT2D eigenvalue weighted by Crippen LogP contribution is -2.54. The summed E-state index contributed by atoms with van der Waals surface area (Å²) >= 11 is 5.28. The number of hydrogen-bond donors (Lipinski definition) is 1. The average Bonchev–Trinajstić information content (AvgIpc) is 3.24. The molecule has 2 amide bonds. The van der Waals surface area contributed by atoms with Gasteiger partial charge in [0.1, 0.15) is 22.8 Å². The predicted octanol–water partition coefficient (Wildman–Crippen LogP) is 2.66. The van der Waals surface area contributed by atoms with E-state index in [-0.39, 0.29) is 17.5 Å². The molecule has 0 radical (unpaired) electrons. The summed E-state index contributed by atoms with van der Waals surface area (Å²) in [5, 5.41) is 2.50. The van der Waals surface area contributed by atoms with Gasteiger partial charge in [0.15, 0.2) is 16.6 Å². The highest BCUT2D eigenvalue weighted by Gasteiger charge is 2.36. The van der Waals surface area contributed by atoms with Crippen LogP contribution in [0.1, 0.15) is 12.5 Å². The van der Waals surface area contributed by atoms with Crippen LogP contribution in [0, 0.1) is 0 Å².